The molecular weight excluding hydrogens is 337 g/mol. The number of aliphatic carboxylic acids is 1. The topological polar surface area (TPSA) is 92.7 Å². The minimum atomic E-state index is -4.08. The highest BCUT2D eigenvalue weighted by molar-refractivity contribution is 7.91. The van der Waals surface area contributed by atoms with Crippen molar-refractivity contribution < 1.29 is 23.1 Å². The summed E-state index contributed by atoms with van der Waals surface area (Å²) < 4.78 is 30.7. The molecule has 6 nitrogen and oxygen atoms in total. The van der Waals surface area contributed by atoms with Gasteiger partial charge < -0.3 is 9.84 Å². The fraction of sp³-hybridized carbons (Fsp3) is 0.444. The maximum atomic E-state index is 12.0. The molecule has 1 aromatic heterocycles. The van der Waals surface area contributed by atoms with E-state index in [1.54, 1.807) is 0 Å². The summed E-state index contributed by atoms with van der Waals surface area (Å²) >= 11 is 12.2. The number of rotatable bonds is 6. The third kappa shape index (κ3) is 3.80. The molecule has 0 saturated heterocycles. The van der Waals surface area contributed by atoms with Crippen LogP contribution in [-0.2, 0) is 19.6 Å². The third-order valence-electron chi connectivity index (χ3n) is 2.29. The highest BCUT2D eigenvalue weighted by atomic mass is 35.5. The molecule has 0 aromatic carbocycles. The zero-order valence-electron chi connectivity index (χ0n) is 9.88. The monoisotopic (exact) mass is 347 g/mol. The Balaban J connectivity index is 3.08. The Labute approximate surface area is 124 Å². The summed E-state index contributed by atoms with van der Waals surface area (Å²) in [6.45, 7) is 1.43. The predicted molar refractivity (Wildman–Crippen MR) is 72.6 cm³/mol. The first-order valence-electron chi connectivity index (χ1n) is 4.91. The van der Waals surface area contributed by atoms with Gasteiger partial charge in [-0.3, -0.25) is 4.79 Å². The highest BCUT2D eigenvalue weighted by Gasteiger charge is 2.32. The number of thiophene rings is 1. The molecule has 0 radical (unpaired) electrons. The van der Waals surface area contributed by atoms with Crippen LogP contribution in [0.1, 0.15) is 6.92 Å². The predicted octanol–water partition coefficient (Wildman–Crippen LogP) is 1.82. The van der Waals surface area contributed by atoms with Crippen molar-refractivity contribution in [1.29, 1.82) is 0 Å². The summed E-state index contributed by atoms with van der Waals surface area (Å²) in [7, 11) is -2.80. The zero-order chi connectivity index (χ0) is 14.8. The van der Waals surface area contributed by atoms with Gasteiger partial charge in [-0.15, -0.1) is 11.3 Å². The summed E-state index contributed by atoms with van der Waals surface area (Å²) in [4.78, 5) is 11.0. The third-order valence-corrected chi connectivity index (χ3v) is 6.41. The lowest BCUT2D eigenvalue weighted by Crippen LogP contribution is -2.48. The fourth-order valence-corrected chi connectivity index (χ4v) is 4.51. The molecule has 1 aromatic rings. The van der Waals surface area contributed by atoms with Crippen LogP contribution < -0.4 is 4.72 Å². The number of nitrogens with one attached hydrogen (secondary N) is 1. The number of sulfonamides is 1. The van der Waals surface area contributed by atoms with E-state index in [-0.39, 0.29) is 14.3 Å². The minimum Gasteiger partial charge on any atom is -0.480 e. The average Bonchev–Trinajstić information content (AvgIpc) is 2.66. The second-order valence-electron chi connectivity index (χ2n) is 3.56. The van der Waals surface area contributed by atoms with Crippen molar-refractivity contribution in [2.45, 2.75) is 23.3 Å². The van der Waals surface area contributed by atoms with E-state index in [9.17, 15) is 13.2 Å². The van der Waals surface area contributed by atoms with E-state index < -0.39 is 28.1 Å². The molecule has 0 aliphatic carbocycles. The standard InChI is InChI=1S/C9H11Cl2NO5S2/c1-4(17-2)7(8(13)14)12-19(15,16)9-6(11)5(10)3-18-9/h3-4,7,12H,1-2H3,(H,13,14)/t4-,7+/m1/s1. The molecule has 2 atom stereocenters. The summed E-state index contributed by atoms with van der Waals surface area (Å²) in [5.41, 5.74) is 0. The Morgan fingerprint density at radius 1 is 1.53 bits per heavy atom. The number of ether oxygens (including phenoxy) is 1. The molecule has 0 amide bonds. The van der Waals surface area contributed by atoms with Gasteiger partial charge in [-0.25, -0.2) is 8.42 Å². The van der Waals surface area contributed by atoms with Crippen LogP contribution in [0, 0.1) is 0 Å². The van der Waals surface area contributed by atoms with E-state index in [1.165, 1.54) is 19.4 Å². The first-order chi connectivity index (χ1) is 8.70. The Bertz CT molecular complexity index is 571. The molecule has 10 heteroatoms. The summed E-state index contributed by atoms with van der Waals surface area (Å²) in [6, 6.07) is -1.42. The second kappa shape index (κ2) is 6.38. The first kappa shape index (κ1) is 16.7. The van der Waals surface area contributed by atoms with Crippen molar-refractivity contribution in [1.82, 2.24) is 4.72 Å². The normalized spacial score (nSPS) is 15.2. The molecule has 2 N–H and O–H groups in total. The van der Waals surface area contributed by atoms with Gasteiger partial charge in [-0.05, 0) is 6.92 Å². The molecule has 0 bridgehead atoms. The second-order valence-corrected chi connectivity index (χ2v) is 7.14. The number of carboxylic acid groups (broad SMARTS) is 1. The van der Waals surface area contributed by atoms with E-state index in [4.69, 9.17) is 33.0 Å². The molecule has 19 heavy (non-hydrogen) atoms. The van der Waals surface area contributed by atoms with Crippen molar-refractivity contribution in [2.24, 2.45) is 0 Å². The van der Waals surface area contributed by atoms with Crippen LogP contribution >= 0.6 is 34.5 Å². The number of carbonyl (C=O) groups is 1. The quantitative estimate of drug-likeness (QED) is 0.818. The lowest BCUT2D eigenvalue weighted by Gasteiger charge is -2.19. The zero-order valence-corrected chi connectivity index (χ0v) is 13.0. The van der Waals surface area contributed by atoms with E-state index in [2.05, 4.69) is 0 Å². The van der Waals surface area contributed by atoms with Crippen molar-refractivity contribution in [2.75, 3.05) is 7.11 Å². The van der Waals surface area contributed by atoms with Gasteiger partial charge in [0, 0.05) is 12.5 Å². The highest BCUT2D eigenvalue weighted by Crippen LogP contribution is 2.35. The maximum Gasteiger partial charge on any atom is 0.324 e. The van der Waals surface area contributed by atoms with E-state index in [1.807, 2.05) is 4.72 Å². The molecule has 0 saturated carbocycles. The van der Waals surface area contributed by atoms with Crippen LogP contribution in [-0.4, -0.2) is 38.7 Å². The van der Waals surface area contributed by atoms with Gasteiger partial charge >= 0.3 is 5.97 Å². The van der Waals surface area contributed by atoms with Crippen LogP contribution in [0.25, 0.3) is 0 Å². The van der Waals surface area contributed by atoms with E-state index >= 15 is 0 Å². The lowest BCUT2D eigenvalue weighted by atomic mass is 10.2. The molecule has 0 unspecified atom stereocenters. The Morgan fingerprint density at radius 3 is 2.47 bits per heavy atom. The first-order valence-corrected chi connectivity index (χ1v) is 8.03. The van der Waals surface area contributed by atoms with Gasteiger partial charge in [0.15, 0.2) is 4.21 Å². The average molecular weight is 348 g/mol. The van der Waals surface area contributed by atoms with Crippen molar-refractivity contribution in [3.05, 3.63) is 15.4 Å². The molecule has 0 fully saturated rings. The van der Waals surface area contributed by atoms with Crippen LogP contribution in [0.5, 0.6) is 0 Å². The van der Waals surface area contributed by atoms with Gasteiger partial charge in [0.1, 0.15) is 6.04 Å². The molecule has 0 aliphatic heterocycles. The van der Waals surface area contributed by atoms with Gasteiger partial charge in [0.2, 0.25) is 0 Å². The maximum absolute atomic E-state index is 12.0. The van der Waals surface area contributed by atoms with Crippen molar-refractivity contribution >= 4 is 50.5 Å². The number of carboxylic acids is 1. The minimum absolute atomic E-state index is 0.0960. The molecule has 1 heterocycles. The van der Waals surface area contributed by atoms with Crippen LogP contribution in [0.2, 0.25) is 10.0 Å². The van der Waals surface area contributed by atoms with Crippen LogP contribution in [0.3, 0.4) is 0 Å². The van der Waals surface area contributed by atoms with Crippen molar-refractivity contribution in [3.63, 3.8) is 0 Å². The van der Waals surface area contributed by atoms with Gasteiger partial charge in [-0.2, -0.15) is 4.72 Å². The van der Waals surface area contributed by atoms with Gasteiger partial charge in [-0.1, -0.05) is 23.2 Å². The SMILES string of the molecule is CO[C@H](C)[C@H](NS(=O)(=O)c1scc(Cl)c1Cl)C(=O)O. The Kier molecular flexibility index (Phi) is 5.60. The lowest BCUT2D eigenvalue weighted by molar-refractivity contribution is -0.142. The molecular formula is C9H11Cl2NO5S2. The van der Waals surface area contributed by atoms with Crippen LogP contribution in [0.4, 0.5) is 0 Å². The summed E-state index contributed by atoms with van der Waals surface area (Å²) in [5.74, 6) is -1.35. The van der Waals surface area contributed by atoms with Crippen LogP contribution in [0.15, 0.2) is 9.59 Å². The number of halogens is 2. The van der Waals surface area contributed by atoms with Gasteiger partial charge in [0.05, 0.1) is 16.1 Å². The summed E-state index contributed by atoms with van der Waals surface area (Å²) in [6.07, 6.45) is -0.846. The Morgan fingerprint density at radius 2 is 2.11 bits per heavy atom. The smallest absolute Gasteiger partial charge is 0.324 e. The molecule has 1 rings (SSSR count). The number of hydrogen-bond acceptors (Lipinski definition) is 5. The fourth-order valence-electron chi connectivity index (χ4n) is 1.19. The Hall–Kier alpha value is -0.380. The number of hydrogen-bond donors (Lipinski definition) is 2. The molecule has 0 spiro atoms. The largest absolute Gasteiger partial charge is 0.480 e. The van der Waals surface area contributed by atoms with E-state index in [0.717, 1.165) is 11.3 Å². The van der Waals surface area contributed by atoms with E-state index in [0.29, 0.717) is 0 Å². The number of methoxy groups -OCH3 is 1. The molecule has 108 valence electrons. The van der Waals surface area contributed by atoms with Gasteiger partial charge in [0.25, 0.3) is 10.0 Å². The summed E-state index contributed by atoms with van der Waals surface area (Å²) in [5, 5.41) is 10.3. The van der Waals surface area contributed by atoms with Crippen molar-refractivity contribution in [3.8, 4) is 0 Å². The molecule has 0 aliphatic rings.